The lowest BCUT2D eigenvalue weighted by molar-refractivity contribution is 0.102. The fraction of sp³-hybridized carbons (Fsp3) is 0.143. The molecular formula is C14H11FN2OS. The van der Waals surface area contributed by atoms with Crippen molar-refractivity contribution in [1.29, 1.82) is 5.26 Å². The zero-order valence-electron chi connectivity index (χ0n) is 10.5. The SMILES string of the molecule is Cc1sc(NC(=O)c2cccc(F)c2)c(C#N)c1C. The maximum Gasteiger partial charge on any atom is 0.256 e. The van der Waals surface area contributed by atoms with Crippen molar-refractivity contribution < 1.29 is 9.18 Å². The van der Waals surface area contributed by atoms with Gasteiger partial charge in [0.1, 0.15) is 16.9 Å². The number of benzene rings is 1. The van der Waals surface area contributed by atoms with Gasteiger partial charge in [0.15, 0.2) is 0 Å². The number of carbonyl (C=O) groups excluding carboxylic acids is 1. The molecule has 1 N–H and O–H groups in total. The summed E-state index contributed by atoms with van der Waals surface area (Å²) in [6.45, 7) is 3.72. The normalized spacial score (nSPS) is 10.0. The third-order valence-corrected chi connectivity index (χ3v) is 3.93. The maximum atomic E-state index is 13.1. The van der Waals surface area contributed by atoms with E-state index < -0.39 is 11.7 Å². The molecule has 2 rings (SSSR count). The van der Waals surface area contributed by atoms with Gasteiger partial charge >= 0.3 is 0 Å². The molecular weight excluding hydrogens is 263 g/mol. The van der Waals surface area contributed by atoms with Crippen molar-refractivity contribution >= 4 is 22.2 Å². The zero-order valence-corrected chi connectivity index (χ0v) is 11.3. The van der Waals surface area contributed by atoms with Crippen LogP contribution in [0.4, 0.5) is 9.39 Å². The topological polar surface area (TPSA) is 52.9 Å². The Bertz CT molecular complexity index is 685. The number of aryl methyl sites for hydroxylation is 1. The van der Waals surface area contributed by atoms with E-state index in [1.54, 1.807) is 0 Å². The highest BCUT2D eigenvalue weighted by atomic mass is 32.1. The Hall–Kier alpha value is -2.19. The molecule has 0 fully saturated rings. The van der Waals surface area contributed by atoms with Gasteiger partial charge in [-0.3, -0.25) is 4.79 Å². The van der Waals surface area contributed by atoms with Gasteiger partial charge in [-0.25, -0.2) is 4.39 Å². The van der Waals surface area contributed by atoms with Crippen LogP contribution in [-0.4, -0.2) is 5.91 Å². The largest absolute Gasteiger partial charge is 0.312 e. The Labute approximate surface area is 114 Å². The maximum absolute atomic E-state index is 13.1. The fourth-order valence-electron chi connectivity index (χ4n) is 1.65. The van der Waals surface area contributed by atoms with Crippen molar-refractivity contribution in [2.75, 3.05) is 5.32 Å². The van der Waals surface area contributed by atoms with Crippen LogP contribution in [0.15, 0.2) is 24.3 Å². The summed E-state index contributed by atoms with van der Waals surface area (Å²) < 4.78 is 13.1. The molecule has 0 aliphatic carbocycles. The lowest BCUT2D eigenvalue weighted by Crippen LogP contribution is -2.11. The van der Waals surface area contributed by atoms with Gasteiger partial charge in [0.2, 0.25) is 0 Å². The molecule has 19 heavy (non-hydrogen) atoms. The van der Waals surface area contributed by atoms with Crippen LogP contribution in [-0.2, 0) is 0 Å². The average Bonchev–Trinajstić information content (AvgIpc) is 2.64. The standard InChI is InChI=1S/C14H11FN2OS/c1-8-9(2)19-14(12(8)7-16)17-13(18)10-4-3-5-11(15)6-10/h3-6H,1-2H3,(H,17,18). The number of rotatable bonds is 2. The Morgan fingerprint density at radius 3 is 2.79 bits per heavy atom. The van der Waals surface area contributed by atoms with Gasteiger partial charge in [-0.2, -0.15) is 5.26 Å². The summed E-state index contributed by atoms with van der Waals surface area (Å²) in [4.78, 5) is 13.0. The van der Waals surface area contributed by atoms with Crippen molar-refractivity contribution in [2.45, 2.75) is 13.8 Å². The molecule has 0 saturated heterocycles. The van der Waals surface area contributed by atoms with Crippen molar-refractivity contribution in [1.82, 2.24) is 0 Å². The first-order valence-corrected chi connectivity index (χ1v) is 6.41. The number of nitrogens with one attached hydrogen (secondary N) is 1. The van der Waals surface area contributed by atoms with E-state index in [2.05, 4.69) is 11.4 Å². The van der Waals surface area contributed by atoms with E-state index in [9.17, 15) is 9.18 Å². The smallest absolute Gasteiger partial charge is 0.256 e. The molecule has 0 unspecified atom stereocenters. The minimum Gasteiger partial charge on any atom is -0.312 e. The summed E-state index contributed by atoms with van der Waals surface area (Å²) in [6, 6.07) is 7.51. The predicted octanol–water partition coefficient (Wildman–Crippen LogP) is 3.63. The quantitative estimate of drug-likeness (QED) is 0.909. The lowest BCUT2D eigenvalue weighted by Gasteiger charge is -2.03. The van der Waals surface area contributed by atoms with Crippen LogP contribution in [0, 0.1) is 31.0 Å². The first-order valence-electron chi connectivity index (χ1n) is 5.60. The van der Waals surface area contributed by atoms with Gasteiger partial charge in [0.25, 0.3) is 5.91 Å². The van der Waals surface area contributed by atoms with Crippen molar-refractivity contribution in [2.24, 2.45) is 0 Å². The molecule has 96 valence electrons. The zero-order chi connectivity index (χ0) is 14.0. The van der Waals surface area contributed by atoms with E-state index in [1.165, 1.54) is 29.5 Å². The second-order valence-corrected chi connectivity index (χ2v) is 5.29. The molecule has 5 heteroatoms. The molecule has 0 atom stereocenters. The van der Waals surface area contributed by atoms with Crippen LogP contribution in [0.1, 0.15) is 26.4 Å². The van der Waals surface area contributed by atoms with Gasteiger partial charge in [-0.1, -0.05) is 6.07 Å². The van der Waals surface area contributed by atoms with Crippen LogP contribution in [0.3, 0.4) is 0 Å². The van der Waals surface area contributed by atoms with Crippen LogP contribution in [0.25, 0.3) is 0 Å². The summed E-state index contributed by atoms with van der Waals surface area (Å²) in [7, 11) is 0. The highest BCUT2D eigenvalue weighted by Gasteiger charge is 2.15. The summed E-state index contributed by atoms with van der Waals surface area (Å²) in [5, 5.41) is 12.2. The molecule has 1 aromatic heterocycles. The Balaban J connectivity index is 2.30. The second-order valence-electron chi connectivity index (χ2n) is 4.06. The molecule has 0 aliphatic rings. The first kappa shape index (κ1) is 13.2. The minimum atomic E-state index is -0.466. The molecule has 2 aromatic rings. The molecule has 0 bridgehead atoms. The van der Waals surface area contributed by atoms with Crippen LogP contribution in [0.5, 0.6) is 0 Å². The van der Waals surface area contributed by atoms with Crippen molar-refractivity contribution in [3.8, 4) is 6.07 Å². The summed E-state index contributed by atoms with van der Waals surface area (Å²) in [5.74, 6) is -0.885. The van der Waals surface area contributed by atoms with E-state index in [4.69, 9.17) is 5.26 Å². The molecule has 0 radical (unpaired) electrons. The van der Waals surface area contributed by atoms with Gasteiger partial charge in [-0.15, -0.1) is 11.3 Å². The number of hydrogen-bond acceptors (Lipinski definition) is 3. The molecule has 0 spiro atoms. The fourth-order valence-corrected chi connectivity index (χ4v) is 2.66. The lowest BCUT2D eigenvalue weighted by atomic mass is 10.1. The van der Waals surface area contributed by atoms with Crippen LogP contribution in [0.2, 0.25) is 0 Å². The highest BCUT2D eigenvalue weighted by molar-refractivity contribution is 7.16. The predicted molar refractivity (Wildman–Crippen MR) is 72.9 cm³/mol. The van der Waals surface area contributed by atoms with E-state index in [-0.39, 0.29) is 5.56 Å². The third-order valence-electron chi connectivity index (χ3n) is 2.81. The third kappa shape index (κ3) is 2.64. The van der Waals surface area contributed by atoms with Crippen molar-refractivity contribution in [3.05, 3.63) is 51.7 Å². The van der Waals surface area contributed by atoms with Gasteiger partial charge in [0.05, 0.1) is 5.56 Å². The number of nitrogens with zero attached hydrogens (tertiary/aromatic N) is 1. The van der Waals surface area contributed by atoms with Crippen molar-refractivity contribution in [3.63, 3.8) is 0 Å². The van der Waals surface area contributed by atoms with Gasteiger partial charge < -0.3 is 5.32 Å². The second kappa shape index (κ2) is 5.21. The number of thiophene rings is 1. The van der Waals surface area contributed by atoms with E-state index >= 15 is 0 Å². The Morgan fingerprint density at radius 1 is 1.42 bits per heavy atom. The number of amides is 1. The molecule has 0 saturated carbocycles. The van der Waals surface area contributed by atoms with Crippen LogP contribution >= 0.6 is 11.3 Å². The number of anilines is 1. The van der Waals surface area contributed by atoms with E-state index in [0.29, 0.717) is 10.6 Å². The average molecular weight is 274 g/mol. The molecule has 1 aromatic carbocycles. The summed E-state index contributed by atoms with van der Waals surface area (Å²) in [6.07, 6.45) is 0. The number of carbonyl (C=O) groups is 1. The highest BCUT2D eigenvalue weighted by Crippen LogP contribution is 2.31. The number of nitriles is 1. The van der Waals surface area contributed by atoms with Gasteiger partial charge in [0, 0.05) is 10.4 Å². The minimum absolute atomic E-state index is 0.229. The number of halogens is 1. The first-order chi connectivity index (χ1) is 9.02. The summed E-state index contributed by atoms with van der Waals surface area (Å²) >= 11 is 1.34. The van der Waals surface area contributed by atoms with E-state index in [1.807, 2.05) is 13.8 Å². The summed E-state index contributed by atoms with van der Waals surface area (Å²) in [5.41, 5.74) is 1.56. The molecule has 0 aliphatic heterocycles. The monoisotopic (exact) mass is 274 g/mol. The Kier molecular flexibility index (Phi) is 3.63. The molecule has 3 nitrogen and oxygen atoms in total. The van der Waals surface area contributed by atoms with Gasteiger partial charge in [-0.05, 0) is 37.6 Å². The molecule has 1 heterocycles. The Morgan fingerprint density at radius 2 is 2.16 bits per heavy atom. The molecule has 1 amide bonds. The van der Waals surface area contributed by atoms with E-state index in [0.717, 1.165) is 16.5 Å². The number of hydrogen-bond donors (Lipinski definition) is 1. The van der Waals surface area contributed by atoms with Crippen LogP contribution < -0.4 is 5.32 Å².